The van der Waals surface area contributed by atoms with Gasteiger partial charge in [-0.2, -0.15) is 0 Å². The number of thiazole rings is 5. The Balaban J connectivity index is 1.04. The first-order valence-corrected chi connectivity index (χ1v) is 32.6. The summed E-state index contributed by atoms with van der Waals surface area (Å²) in [6.07, 6.45) is -7.12. The molecular formula is C58H59N13O15S5. The maximum Gasteiger partial charge on any atom is 0.355 e. The molecule has 8 aromatic rings. The second-order valence-electron chi connectivity index (χ2n) is 22.2. The van der Waals surface area contributed by atoms with Crippen molar-refractivity contribution in [2.75, 3.05) is 27.8 Å². The van der Waals surface area contributed by atoms with Crippen LogP contribution in [-0.2, 0) is 57.8 Å². The molecule has 0 saturated carbocycles. The van der Waals surface area contributed by atoms with Gasteiger partial charge in [0, 0.05) is 61.9 Å². The van der Waals surface area contributed by atoms with Crippen molar-refractivity contribution in [1.82, 2.24) is 61.1 Å². The Morgan fingerprint density at radius 3 is 2.24 bits per heavy atom. The molecule has 7 aromatic heterocycles. The topological polar surface area (TPSA) is 389 Å². The molecular weight excluding hydrogens is 1280 g/mol. The minimum atomic E-state index is -1.82. The van der Waals surface area contributed by atoms with Crippen molar-refractivity contribution in [1.29, 1.82) is 0 Å². The smallest absolute Gasteiger partial charge is 0.355 e. The minimum Gasteiger partial charge on any atom is -0.506 e. The summed E-state index contributed by atoms with van der Waals surface area (Å²) in [7, 11) is 4.92. The molecule has 4 aliphatic heterocycles. The number of nitrogens with zero attached hydrogens (tertiary/aromatic N) is 7. The number of aromatic amines is 1. The number of allylic oxidation sites excluding steroid dienone is 1. The molecule has 11 heterocycles. The van der Waals surface area contributed by atoms with Crippen molar-refractivity contribution in [2.24, 2.45) is 5.73 Å². The number of hydrogen-bond acceptors (Lipinski definition) is 28. The van der Waals surface area contributed by atoms with Crippen molar-refractivity contribution in [3.05, 3.63) is 112 Å². The Labute approximate surface area is 537 Å². The van der Waals surface area contributed by atoms with Crippen LogP contribution in [0.3, 0.4) is 0 Å². The highest BCUT2D eigenvalue weighted by molar-refractivity contribution is 7.14. The van der Waals surface area contributed by atoms with E-state index in [0.717, 1.165) is 45.3 Å². The van der Waals surface area contributed by atoms with Gasteiger partial charge in [-0.1, -0.05) is 12.1 Å². The van der Waals surface area contributed by atoms with Gasteiger partial charge in [0.15, 0.2) is 12.4 Å². The monoisotopic (exact) mass is 1340 g/mol. The van der Waals surface area contributed by atoms with Gasteiger partial charge in [-0.3, -0.25) is 19.2 Å². The number of aromatic nitrogens is 7. The summed E-state index contributed by atoms with van der Waals surface area (Å²) < 4.78 is 37.8. The number of methoxy groups -OCH3 is 1. The average Bonchev–Trinajstić information content (AvgIpc) is 1.71. The van der Waals surface area contributed by atoms with Crippen LogP contribution in [0.4, 0.5) is 0 Å². The normalized spacial score (nSPS) is 25.1. The molecule has 1 saturated heterocycles. The number of nitrogens with one attached hydrogen (secondary N) is 5. The van der Waals surface area contributed by atoms with E-state index in [1.54, 1.807) is 56.9 Å². The van der Waals surface area contributed by atoms with Crippen LogP contribution in [0, 0.1) is 0 Å². The maximum atomic E-state index is 15.1. The van der Waals surface area contributed by atoms with Crippen molar-refractivity contribution < 1.29 is 72.5 Å². The zero-order valence-electron chi connectivity index (χ0n) is 49.4. The molecule has 476 valence electrons. The van der Waals surface area contributed by atoms with Crippen LogP contribution in [0.15, 0.2) is 56.9 Å². The summed E-state index contributed by atoms with van der Waals surface area (Å²) in [5, 5.41) is 54.6. The number of carbonyl (C=O) groups is 6. The molecule has 10 unspecified atom stereocenters. The number of aromatic hydroxyl groups is 1. The number of carbonyl (C=O) groups excluding carboxylic acids is 6. The van der Waals surface area contributed by atoms with E-state index in [4.69, 9.17) is 49.1 Å². The molecule has 10 atom stereocenters. The molecule has 10 N–H and O–H groups in total. The quantitative estimate of drug-likeness (QED) is 0.0756. The van der Waals surface area contributed by atoms with E-state index in [2.05, 4.69) is 41.2 Å². The van der Waals surface area contributed by atoms with Gasteiger partial charge in [0.2, 0.25) is 5.91 Å². The molecule has 4 amide bonds. The van der Waals surface area contributed by atoms with Crippen LogP contribution in [0.1, 0.15) is 120 Å². The van der Waals surface area contributed by atoms with Gasteiger partial charge in [0.05, 0.1) is 43.3 Å². The lowest BCUT2D eigenvalue weighted by atomic mass is 9.85. The SMILES string of the molecule is CO/C(C)=C1/NC(=O)C(C(C)O)NC(=O)c2csc(n2)-c2cc(O)c(-c3nc(CN)cs3)nc2-c2csc(n2)C2COC(=O)c3[nH]c4cccc5c4c3COC(C(OC3CC(C)(O)C(N(C)C)C(C)O3)C(=O)OC5)C(NC(=O)c3csc1n3)c1nc(cs1)C(=O)N2. The van der Waals surface area contributed by atoms with Gasteiger partial charge >= 0.3 is 11.9 Å². The van der Waals surface area contributed by atoms with Crippen LogP contribution >= 0.6 is 56.7 Å². The second-order valence-corrected chi connectivity index (χ2v) is 26.6. The highest BCUT2D eigenvalue weighted by Gasteiger charge is 2.50. The number of esters is 2. The highest BCUT2D eigenvalue weighted by Crippen LogP contribution is 2.43. The number of amides is 4. The Morgan fingerprint density at radius 2 is 1.52 bits per heavy atom. The number of benzene rings is 1. The number of aliphatic hydroxyl groups excluding tert-OH is 1. The predicted octanol–water partition coefficient (Wildman–Crippen LogP) is 4.91. The second kappa shape index (κ2) is 25.6. The molecule has 1 aromatic carbocycles. The number of aliphatic hydroxyl groups is 2. The van der Waals surface area contributed by atoms with Crippen LogP contribution in [0.25, 0.3) is 49.3 Å². The summed E-state index contributed by atoms with van der Waals surface area (Å²) in [5.74, 6) is -5.54. The predicted molar refractivity (Wildman–Crippen MR) is 331 cm³/mol. The molecule has 33 heteroatoms. The largest absolute Gasteiger partial charge is 0.506 e. The molecule has 28 nitrogen and oxygen atoms in total. The number of hydrogen-bond donors (Lipinski definition) is 9. The van der Waals surface area contributed by atoms with E-state index in [-0.39, 0.29) is 108 Å². The first kappa shape index (κ1) is 63.1. The molecule has 0 spiro atoms. The van der Waals surface area contributed by atoms with Crippen molar-refractivity contribution in [3.63, 3.8) is 0 Å². The van der Waals surface area contributed by atoms with Crippen LogP contribution < -0.4 is 27.0 Å². The Hall–Kier alpha value is -8.06. The summed E-state index contributed by atoms with van der Waals surface area (Å²) in [6.45, 7) is 4.97. The van der Waals surface area contributed by atoms with Gasteiger partial charge in [0.25, 0.3) is 17.7 Å². The molecule has 91 heavy (non-hydrogen) atoms. The van der Waals surface area contributed by atoms with Crippen molar-refractivity contribution >= 4 is 109 Å². The number of fused-ring (bicyclic) bond motifs is 15. The Morgan fingerprint density at radius 1 is 0.835 bits per heavy atom. The molecule has 1 fully saturated rings. The maximum absolute atomic E-state index is 15.1. The number of nitrogens with two attached hydrogens (primary N) is 1. The summed E-state index contributed by atoms with van der Waals surface area (Å²) in [4.78, 5) is 122. The third-order valence-electron chi connectivity index (χ3n) is 15.6. The number of ether oxygens (including phenoxy) is 6. The third-order valence-corrected chi connectivity index (χ3v) is 20.2. The number of pyridine rings is 1. The minimum absolute atomic E-state index is 0.00626. The molecule has 4 aliphatic rings. The Bertz CT molecular complexity index is 4210. The number of likely N-dealkylation sites (N-methyl/N-ethyl adjacent to an activating group) is 1. The lowest BCUT2D eigenvalue weighted by Crippen LogP contribution is -2.62. The average molecular weight is 1340 g/mol. The van der Waals surface area contributed by atoms with Crippen LogP contribution in [-0.4, -0.2) is 167 Å². The highest BCUT2D eigenvalue weighted by atomic mass is 32.1. The van der Waals surface area contributed by atoms with Crippen LogP contribution in [0.5, 0.6) is 5.75 Å². The number of H-pyrrole nitrogens is 1. The molecule has 12 rings (SSSR count). The summed E-state index contributed by atoms with van der Waals surface area (Å²) in [5.41, 5.74) is 6.05. The zero-order valence-corrected chi connectivity index (χ0v) is 53.5. The van der Waals surface area contributed by atoms with E-state index in [1.807, 2.05) is 4.90 Å². The summed E-state index contributed by atoms with van der Waals surface area (Å²) >= 11 is 5.09. The van der Waals surface area contributed by atoms with Gasteiger partial charge in [0.1, 0.15) is 120 Å². The fourth-order valence-corrected chi connectivity index (χ4v) is 15.6. The number of cyclic esters (lactones) is 2. The van der Waals surface area contributed by atoms with Crippen LogP contribution in [0.2, 0.25) is 0 Å². The van der Waals surface area contributed by atoms with Gasteiger partial charge < -0.3 is 80.6 Å². The first-order chi connectivity index (χ1) is 43.6. The van der Waals surface area contributed by atoms with Crippen molar-refractivity contribution in [3.8, 4) is 38.4 Å². The van der Waals surface area contributed by atoms with Gasteiger partial charge in [-0.15, -0.1) is 56.7 Å². The zero-order chi connectivity index (χ0) is 64.3. The lowest BCUT2D eigenvalue weighted by molar-refractivity contribution is -0.280. The third kappa shape index (κ3) is 12.5. The van der Waals surface area contributed by atoms with Gasteiger partial charge in [-0.05, 0) is 59.5 Å². The molecule has 0 radical (unpaired) electrons. The van der Waals surface area contributed by atoms with Crippen molar-refractivity contribution in [2.45, 2.75) is 114 Å². The van der Waals surface area contributed by atoms with E-state index < -0.39 is 109 Å². The molecule has 12 bridgehead atoms. The lowest BCUT2D eigenvalue weighted by Gasteiger charge is -2.48. The van der Waals surface area contributed by atoms with E-state index in [0.29, 0.717) is 27.2 Å². The van der Waals surface area contributed by atoms with E-state index >= 15 is 9.59 Å². The number of rotatable bonds is 7. The van der Waals surface area contributed by atoms with Gasteiger partial charge in [-0.25, -0.2) is 39.5 Å². The fraction of sp³-hybridized carbons (Fsp3) is 0.379. The Kier molecular flexibility index (Phi) is 17.7. The fourth-order valence-electron chi connectivity index (χ4n) is 11.4. The summed E-state index contributed by atoms with van der Waals surface area (Å²) in [6, 6.07) is 1.63. The first-order valence-electron chi connectivity index (χ1n) is 28.2. The molecule has 0 aliphatic carbocycles. The standard InChI is InChI=1S/C58H59N13O15S5/c1-22(72)38-50(77)69-39(23(2)81-7)53-65-34(21-90-53)49(76)70-43-44-45(86-36-12-58(4,80)46(71(5)6)24(3)85-36)57(79)83-14-25-9-8-10-29-37(25)28(15-82-44)41(61-29)56(78)84-16-30(62-47(74)32-20-91-55(43)66-32)52-63-31(18-89-52)40-27(51-64-33(19-88-51)48(75)68-38)11-35(73)42(67-40)54-60-26(13-59)17-87-54/h8-11,17-22,24,30,36,38,43-46,61,72-73,80H,12-16,59H2,1-7H3,(H,62,74)(H,68,75)(H,69,77)(H,70,76)/b39-23+. The van der Waals surface area contributed by atoms with E-state index in [1.165, 1.54) is 54.5 Å². The van der Waals surface area contributed by atoms with E-state index in [9.17, 15) is 34.5 Å².